The normalized spacial score (nSPS) is 11.7. The zero-order valence-electron chi connectivity index (χ0n) is 12.6. The van der Waals surface area contributed by atoms with Crippen LogP contribution in [0, 0.1) is 0 Å². The second-order valence-corrected chi connectivity index (χ2v) is 6.99. The number of hydrogen-bond acceptors (Lipinski definition) is 1. The summed E-state index contributed by atoms with van der Waals surface area (Å²) in [7, 11) is -4.42. The SMILES string of the molecule is C=CCc1c(P(=O)(O)O)c(C=C)cc2cc3ccccc3cc12. The van der Waals surface area contributed by atoms with Crippen molar-refractivity contribution in [3.8, 4) is 0 Å². The summed E-state index contributed by atoms with van der Waals surface area (Å²) in [5.74, 6) is 0. The van der Waals surface area contributed by atoms with E-state index in [0.717, 1.165) is 21.5 Å². The van der Waals surface area contributed by atoms with E-state index in [1.54, 1.807) is 12.1 Å². The summed E-state index contributed by atoms with van der Waals surface area (Å²) < 4.78 is 12.0. The molecule has 3 aromatic rings. The van der Waals surface area contributed by atoms with Crippen LogP contribution < -0.4 is 5.30 Å². The molecule has 0 amide bonds. The van der Waals surface area contributed by atoms with E-state index < -0.39 is 7.60 Å². The van der Waals surface area contributed by atoms with Crippen molar-refractivity contribution in [1.29, 1.82) is 0 Å². The molecule has 0 aliphatic heterocycles. The van der Waals surface area contributed by atoms with Crippen molar-refractivity contribution < 1.29 is 14.4 Å². The van der Waals surface area contributed by atoms with Crippen molar-refractivity contribution >= 4 is 40.5 Å². The van der Waals surface area contributed by atoms with Gasteiger partial charge in [0.25, 0.3) is 0 Å². The summed E-state index contributed by atoms with van der Waals surface area (Å²) >= 11 is 0. The second-order valence-electron chi connectivity index (χ2n) is 5.45. The van der Waals surface area contributed by atoms with Crippen molar-refractivity contribution in [3.05, 3.63) is 72.8 Å². The van der Waals surface area contributed by atoms with Gasteiger partial charge in [-0.05, 0) is 57.3 Å². The summed E-state index contributed by atoms with van der Waals surface area (Å²) in [4.78, 5) is 19.6. The van der Waals surface area contributed by atoms with E-state index in [-0.39, 0.29) is 5.30 Å². The summed E-state index contributed by atoms with van der Waals surface area (Å²) in [5, 5.41) is 3.95. The Morgan fingerprint density at radius 1 is 1.00 bits per heavy atom. The Kier molecular flexibility index (Phi) is 3.95. The molecule has 0 spiro atoms. The first kappa shape index (κ1) is 15.7. The average molecular weight is 324 g/mol. The predicted molar refractivity (Wildman–Crippen MR) is 97.1 cm³/mol. The third-order valence-electron chi connectivity index (χ3n) is 3.97. The summed E-state index contributed by atoms with van der Waals surface area (Å²) in [6.07, 6.45) is 3.54. The fourth-order valence-corrected chi connectivity index (χ4v) is 4.08. The van der Waals surface area contributed by atoms with Crippen LogP contribution in [0.25, 0.3) is 27.6 Å². The lowest BCUT2D eigenvalue weighted by atomic mass is 9.95. The van der Waals surface area contributed by atoms with Crippen LogP contribution in [0.3, 0.4) is 0 Å². The highest BCUT2D eigenvalue weighted by Gasteiger charge is 2.26. The van der Waals surface area contributed by atoms with Gasteiger partial charge in [0.2, 0.25) is 0 Å². The van der Waals surface area contributed by atoms with E-state index in [9.17, 15) is 14.4 Å². The molecule has 3 rings (SSSR count). The minimum absolute atomic E-state index is 0.0511. The number of hydrogen-bond donors (Lipinski definition) is 2. The van der Waals surface area contributed by atoms with Gasteiger partial charge in [-0.1, -0.05) is 43.0 Å². The van der Waals surface area contributed by atoms with E-state index in [1.165, 1.54) is 6.08 Å². The fraction of sp³-hybridized carbons (Fsp3) is 0.0526. The van der Waals surface area contributed by atoms with Crippen LogP contribution in [-0.2, 0) is 11.0 Å². The second kappa shape index (κ2) is 5.78. The maximum absolute atomic E-state index is 12.0. The molecule has 3 nitrogen and oxygen atoms in total. The number of allylic oxidation sites excluding steroid dienone is 1. The Bertz CT molecular complexity index is 983. The van der Waals surface area contributed by atoms with Gasteiger partial charge in [-0.3, -0.25) is 4.57 Å². The van der Waals surface area contributed by atoms with E-state index in [1.807, 2.05) is 36.4 Å². The van der Waals surface area contributed by atoms with Crippen molar-refractivity contribution in [2.75, 3.05) is 0 Å². The quantitative estimate of drug-likeness (QED) is 0.430. The molecular weight excluding hydrogens is 307 g/mol. The lowest BCUT2D eigenvalue weighted by molar-refractivity contribution is 0.387. The van der Waals surface area contributed by atoms with Gasteiger partial charge in [0.05, 0.1) is 5.30 Å². The molecule has 0 aromatic heterocycles. The highest BCUT2D eigenvalue weighted by molar-refractivity contribution is 7.60. The largest absolute Gasteiger partial charge is 0.357 e. The molecule has 2 N–H and O–H groups in total. The number of fused-ring (bicyclic) bond motifs is 2. The van der Waals surface area contributed by atoms with Gasteiger partial charge in [-0.2, -0.15) is 0 Å². The molecule has 0 heterocycles. The van der Waals surface area contributed by atoms with E-state index in [2.05, 4.69) is 13.2 Å². The first-order chi connectivity index (χ1) is 11.0. The minimum atomic E-state index is -4.42. The molecule has 0 fully saturated rings. The Morgan fingerprint density at radius 2 is 1.65 bits per heavy atom. The van der Waals surface area contributed by atoms with Gasteiger partial charge in [0, 0.05) is 0 Å². The van der Waals surface area contributed by atoms with Gasteiger partial charge in [0.15, 0.2) is 0 Å². The molecule has 0 saturated carbocycles. The molecular formula is C19H17O3P. The van der Waals surface area contributed by atoms with Crippen LogP contribution >= 0.6 is 7.60 Å². The topological polar surface area (TPSA) is 57.5 Å². The van der Waals surface area contributed by atoms with Gasteiger partial charge in [-0.15, -0.1) is 6.58 Å². The van der Waals surface area contributed by atoms with Crippen LogP contribution in [0.4, 0.5) is 0 Å². The van der Waals surface area contributed by atoms with Gasteiger partial charge < -0.3 is 9.79 Å². The number of rotatable bonds is 4. The highest BCUT2D eigenvalue weighted by Crippen LogP contribution is 2.40. The molecule has 4 heteroatoms. The zero-order chi connectivity index (χ0) is 16.6. The molecule has 116 valence electrons. The van der Waals surface area contributed by atoms with Crippen LogP contribution in [0.2, 0.25) is 0 Å². The molecule has 0 aliphatic carbocycles. The van der Waals surface area contributed by atoms with E-state index in [0.29, 0.717) is 17.5 Å². The Morgan fingerprint density at radius 3 is 2.22 bits per heavy atom. The molecule has 0 bridgehead atoms. The summed E-state index contributed by atoms with van der Waals surface area (Å²) in [6, 6.07) is 13.7. The fourth-order valence-electron chi connectivity index (χ4n) is 3.03. The van der Waals surface area contributed by atoms with Crippen LogP contribution in [0.5, 0.6) is 0 Å². The van der Waals surface area contributed by atoms with Crippen LogP contribution in [0.15, 0.2) is 61.7 Å². The monoisotopic (exact) mass is 324 g/mol. The first-order valence-corrected chi connectivity index (χ1v) is 8.84. The highest BCUT2D eigenvalue weighted by atomic mass is 31.2. The summed E-state index contributed by atoms with van der Waals surface area (Å²) in [6.45, 7) is 7.43. The lowest BCUT2D eigenvalue weighted by Crippen LogP contribution is -2.15. The molecule has 3 aromatic carbocycles. The molecule has 0 aliphatic rings. The van der Waals surface area contributed by atoms with Crippen molar-refractivity contribution in [1.82, 2.24) is 0 Å². The maximum atomic E-state index is 12.0. The third-order valence-corrected chi connectivity index (χ3v) is 5.08. The van der Waals surface area contributed by atoms with Gasteiger partial charge in [-0.25, -0.2) is 0 Å². The predicted octanol–water partition coefficient (Wildman–Crippen LogP) is 4.17. The Balaban J connectivity index is 2.53. The van der Waals surface area contributed by atoms with Crippen molar-refractivity contribution in [2.24, 2.45) is 0 Å². The third kappa shape index (κ3) is 2.75. The molecule has 0 radical (unpaired) electrons. The first-order valence-electron chi connectivity index (χ1n) is 7.23. The Hall–Kier alpha value is -2.19. The maximum Gasteiger partial charge on any atom is 0.357 e. The van der Waals surface area contributed by atoms with Crippen LogP contribution in [0.1, 0.15) is 11.1 Å². The number of benzene rings is 3. The van der Waals surface area contributed by atoms with E-state index >= 15 is 0 Å². The van der Waals surface area contributed by atoms with Gasteiger partial charge in [0.1, 0.15) is 0 Å². The minimum Gasteiger partial charge on any atom is -0.321 e. The average Bonchev–Trinajstić information content (AvgIpc) is 2.51. The molecule has 23 heavy (non-hydrogen) atoms. The van der Waals surface area contributed by atoms with E-state index in [4.69, 9.17) is 0 Å². The van der Waals surface area contributed by atoms with Crippen LogP contribution in [-0.4, -0.2) is 9.79 Å². The molecule has 0 saturated heterocycles. The van der Waals surface area contributed by atoms with Crippen molar-refractivity contribution in [3.63, 3.8) is 0 Å². The van der Waals surface area contributed by atoms with Crippen molar-refractivity contribution in [2.45, 2.75) is 6.42 Å². The zero-order valence-corrected chi connectivity index (χ0v) is 13.5. The lowest BCUT2D eigenvalue weighted by Gasteiger charge is -2.17. The van der Waals surface area contributed by atoms with Gasteiger partial charge >= 0.3 is 7.60 Å². The molecule has 0 unspecified atom stereocenters. The molecule has 0 atom stereocenters. The Labute approximate surface area is 134 Å². The summed E-state index contributed by atoms with van der Waals surface area (Å²) in [5.41, 5.74) is 1.09. The standard InChI is InChI=1S/C19H17O3P/c1-3-7-17-18-12-15-9-6-5-8-14(15)11-16(18)10-13(4-2)19(17)23(20,21)22/h3-6,8-12H,1-2,7H2,(H2,20,21,22). The smallest absolute Gasteiger partial charge is 0.321 e.